The third kappa shape index (κ3) is 5.91. The van der Waals surface area contributed by atoms with Crippen LogP contribution in [0.15, 0.2) is 52.9 Å². The molecule has 1 aromatic heterocycles. The third-order valence-electron chi connectivity index (χ3n) is 7.84. The molecular formula is C30H29F2NO5S. The SMILES string of the molecule is C#CC1(CC(=O)C2(NC(=O)c3cc4ccc(-c5ccc(CS(C)(=O)=O)cc5)cc4o3)CCC(F)(F)CC2)CC1. The molecule has 1 N–H and O–H groups in total. The molecule has 0 unspecified atom stereocenters. The molecule has 6 nitrogen and oxygen atoms in total. The summed E-state index contributed by atoms with van der Waals surface area (Å²) >= 11 is 0. The Hall–Kier alpha value is -3.51. The monoisotopic (exact) mass is 553 g/mol. The van der Waals surface area contributed by atoms with Crippen LogP contribution >= 0.6 is 0 Å². The molecule has 2 saturated carbocycles. The van der Waals surface area contributed by atoms with Gasteiger partial charge in [-0.2, -0.15) is 0 Å². The Kier molecular flexibility index (Phi) is 6.66. The quantitative estimate of drug-likeness (QED) is 0.362. The van der Waals surface area contributed by atoms with Crippen molar-refractivity contribution in [1.82, 2.24) is 5.32 Å². The second-order valence-electron chi connectivity index (χ2n) is 11.0. The number of carbonyl (C=O) groups is 2. The molecule has 2 aliphatic carbocycles. The van der Waals surface area contributed by atoms with Crippen LogP contribution in [0.3, 0.4) is 0 Å². The van der Waals surface area contributed by atoms with E-state index in [0.717, 1.165) is 11.1 Å². The van der Waals surface area contributed by atoms with Crippen molar-refractivity contribution in [3.05, 3.63) is 59.9 Å². The Bertz CT molecular complexity index is 1580. The second-order valence-corrected chi connectivity index (χ2v) is 13.2. The minimum atomic E-state index is -3.14. The Balaban J connectivity index is 1.37. The van der Waals surface area contributed by atoms with Crippen LogP contribution in [0.5, 0.6) is 0 Å². The van der Waals surface area contributed by atoms with Gasteiger partial charge in [0, 0.05) is 36.3 Å². The molecule has 204 valence electrons. The first-order valence-corrected chi connectivity index (χ1v) is 14.9. The van der Waals surface area contributed by atoms with Crippen molar-refractivity contribution >= 4 is 32.5 Å². The van der Waals surface area contributed by atoms with Gasteiger partial charge in [-0.25, -0.2) is 17.2 Å². The Morgan fingerprint density at radius 2 is 1.62 bits per heavy atom. The average Bonchev–Trinajstić information content (AvgIpc) is 3.51. The fourth-order valence-corrected chi connectivity index (χ4v) is 6.01. The summed E-state index contributed by atoms with van der Waals surface area (Å²) in [5, 5.41) is 3.42. The number of amides is 1. The largest absolute Gasteiger partial charge is 0.451 e. The summed E-state index contributed by atoms with van der Waals surface area (Å²) in [5.41, 5.74) is 0.818. The molecular weight excluding hydrogens is 524 g/mol. The highest BCUT2D eigenvalue weighted by molar-refractivity contribution is 7.89. The van der Waals surface area contributed by atoms with E-state index in [2.05, 4.69) is 11.2 Å². The zero-order valence-corrected chi connectivity index (χ0v) is 22.4. The number of rotatable bonds is 8. The Morgan fingerprint density at radius 3 is 2.21 bits per heavy atom. The van der Waals surface area contributed by atoms with E-state index in [1.54, 1.807) is 30.3 Å². The van der Waals surface area contributed by atoms with E-state index in [1.165, 1.54) is 6.26 Å². The number of halogens is 2. The second kappa shape index (κ2) is 9.60. The van der Waals surface area contributed by atoms with Crippen LogP contribution < -0.4 is 5.32 Å². The van der Waals surface area contributed by atoms with Gasteiger partial charge in [0.05, 0.1) is 11.3 Å². The highest BCUT2D eigenvalue weighted by atomic mass is 32.2. The van der Waals surface area contributed by atoms with Gasteiger partial charge in [-0.3, -0.25) is 9.59 Å². The average molecular weight is 554 g/mol. The lowest BCUT2D eigenvalue weighted by molar-refractivity contribution is -0.131. The van der Waals surface area contributed by atoms with E-state index >= 15 is 0 Å². The number of ketones is 1. The molecule has 39 heavy (non-hydrogen) atoms. The van der Waals surface area contributed by atoms with E-state index in [1.807, 2.05) is 18.2 Å². The van der Waals surface area contributed by atoms with Gasteiger partial charge in [-0.1, -0.05) is 42.3 Å². The normalized spacial score (nSPS) is 19.2. The zero-order valence-electron chi connectivity index (χ0n) is 21.6. The summed E-state index contributed by atoms with van der Waals surface area (Å²) in [7, 11) is -3.14. The molecule has 1 amide bonds. The topological polar surface area (TPSA) is 93.5 Å². The van der Waals surface area contributed by atoms with Crippen LogP contribution in [0.4, 0.5) is 8.78 Å². The number of fused-ring (bicyclic) bond motifs is 1. The van der Waals surface area contributed by atoms with E-state index in [9.17, 15) is 26.8 Å². The molecule has 0 bridgehead atoms. The number of furan rings is 1. The maximum absolute atomic E-state index is 14.0. The number of hydrogen-bond donors (Lipinski definition) is 1. The number of benzene rings is 2. The lowest BCUT2D eigenvalue weighted by Crippen LogP contribution is -2.58. The maximum atomic E-state index is 14.0. The summed E-state index contributed by atoms with van der Waals surface area (Å²) in [6.45, 7) is 0. The van der Waals surface area contributed by atoms with Gasteiger partial charge in [0.25, 0.3) is 5.91 Å². The molecule has 2 aromatic carbocycles. The summed E-state index contributed by atoms with van der Waals surface area (Å²) in [6.07, 6.45) is 6.96. The van der Waals surface area contributed by atoms with Crippen molar-refractivity contribution in [1.29, 1.82) is 0 Å². The molecule has 9 heteroatoms. The van der Waals surface area contributed by atoms with Crippen LogP contribution in [0, 0.1) is 17.8 Å². The van der Waals surface area contributed by atoms with Gasteiger partial charge in [-0.05, 0) is 54.5 Å². The van der Waals surface area contributed by atoms with Gasteiger partial charge in [-0.15, -0.1) is 6.42 Å². The van der Waals surface area contributed by atoms with Crippen LogP contribution in [-0.4, -0.2) is 37.8 Å². The third-order valence-corrected chi connectivity index (χ3v) is 8.70. The highest BCUT2D eigenvalue weighted by Gasteiger charge is 2.52. The van der Waals surface area contributed by atoms with Crippen molar-refractivity contribution < 1.29 is 31.2 Å². The standard InChI is InChI=1S/C30H29F2NO5S/c1-3-28(10-11-28)18-26(34)29(12-14-30(31,32)15-13-29)33-27(35)25-17-23-9-8-22(16-24(23)38-25)21-6-4-20(5-7-21)19-39(2,36)37/h1,4-9,16-17H,10-15,18-19H2,2H3,(H,33,35). The number of sulfone groups is 1. The molecule has 1 heterocycles. The molecule has 5 rings (SSSR count). The number of terminal acetylenes is 1. The van der Waals surface area contributed by atoms with Gasteiger partial charge < -0.3 is 9.73 Å². The fourth-order valence-electron chi connectivity index (χ4n) is 5.21. The molecule has 0 atom stereocenters. The minimum Gasteiger partial charge on any atom is -0.451 e. The van der Waals surface area contributed by atoms with E-state index in [-0.39, 0.29) is 36.6 Å². The summed E-state index contributed by atoms with van der Waals surface area (Å²) in [6, 6.07) is 14.1. The van der Waals surface area contributed by atoms with E-state index in [4.69, 9.17) is 10.8 Å². The Morgan fingerprint density at radius 1 is 0.974 bits per heavy atom. The van der Waals surface area contributed by atoms with Crippen molar-refractivity contribution in [2.24, 2.45) is 5.41 Å². The van der Waals surface area contributed by atoms with Crippen LogP contribution in [0.25, 0.3) is 22.1 Å². The van der Waals surface area contributed by atoms with Gasteiger partial charge in [0.15, 0.2) is 21.4 Å². The van der Waals surface area contributed by atoms with Crippen LogP contribution in [0.2, 0.25) is 0 Å². The number of alkyl halides is 2. The smallest absolute Gasteiger partial charge is 0.287 e. The summed E-state index contributed by atoms with van der Waals surface area (Å²) in [5.74, 6) is -1.23. The molecule has 0 aliphatic heterocycles. The lowest BCUT2D eigenvalue weighted by Gasteiger charge is -2.39. The van der Waals surface area contributed by atoms with Crippen molar-refractivity contribution in [2.75, 3.05) is 6.26 Å². The van der Waals surface area contributed by atoms with Crippen molar-refractivity contribution in [3.8, 4) is 23.5 Å². The molecule has 2 fully saturated rings. The number of carbonyl (C=O) groups excluding carboxylic acids is 2. The van der Waals surface area contributed by atoms with Crippen LogP contribution in [0.1, 0.15) is 61.1 Å². The van der Waals surface area contributed by atoms with E-state index in [0.29, 0.717) is 29.4 Å². The van der Waals surface area contributed by atoms with Gasteiger partial charge >= 0.3 is 0 Å². The predicted molar refractivity (Wildman–Crippen MR) is 144 cm³/mol. The maximum Gasteiger partial charge on any atom is 0.287 e. The zero-order chi connectivity index (χ0) is 28.1. The van der Waals surface area contributed by atoms with Crippen molar-refractivity contribution in [2.45, 2.75) is 62.2 Å². The number of nitrogens with one attached hydrogen (secondary N) is 1. The summed E-state index contributed by atoms with van der Waals surface area (Å²) in [4.78, 5) is 26.6. The highest BCUT2D eigenvalue weighted by Crippen LogP contribution is 2.50. The first-order valence-electron chi connectivity index (χ1n) is 12.8. The number of Topliss-reactive ketones (excluding diaryl/α,β-unsaturated/α-hetero) is 1. The fraction of sp³-hybridized carbons (Fsp3) is 0.400. The predicted octanol–water partition coefficient (Wildman–Crippen LogP) is 5.69. The molecule has 3 aromatic rings. The van der Waals surface area contributed by atoms with E-state index < -0.39 is 45.5 Å². The van der Waals surface area contributed by atoms with Crippen LogP contribution in [-0.2, 0) is 20.4 Å². The molecule has 0 radical (unpaired) electrons. The molecule has 2 aliphatic rings. The first kappa shape index (κ1) is 27.1. The summed E-state index contributed by atoms with van der Waals surface area (Å²) < 4.78 is 56.9. The van der Waals surface area contributed by atoms with Gasteiger partial charge in [0.1, 0.15) is 5.58 Å². The van der Waals surface area contributed by atoms with Crippen molar-refractivity contribution in [3.63, 3.8) is 0 Å². The lowest BCUT2D eigenvalue weighted by atomic mass is 9.74. The number of hydrogen-bond acceptors (Lipinski definition) is 5. The first-order chi connectivity index (χ1) is 18.3. The Labute approximate surface area is 226 Å². The van der Waals surface area contributed by atoms with Gasteiger partial charge in [0.2, 0.25) is 5.92 Å². The molecule has 0 saturated heterocycles. The molecule has 0 spiro atoms. The minimum absolute atomic E-state index is 0.0201.